The molecule has 18 heavy (non-hydrogen) atoms. The molecule has 2 N–H and O–H groups in total. The zero-order valence-corrected chi connectivity index (χ0v) is 10.9. The predicted molar refractivity (Wildman–Crippen MR) is 69.6 cm³/mol. The number of carbonyl (C=O) groups excluding carboxylic acids is 1. The Morgan fingerprint density at radius 3 is 2.72 bits per heavy atom. The summed E-state index contributed by atoms with van der Waals surface area (Å²) in [5.74, 6) is -0.273. The van der Waals surface area contributed by atoms with Gasteiger partial charge in [-0.25, -0.2) is 4.98 Å². The van der Waals surface area contributed by atoms with Gasteiger partial charge in [0.2, 0.25) is 0 Å². The highest BCUT2D eigenvalue weighted by Crippen LogP contribution is 2.27. The number of hydrogen-bond acceptors (Lipinski definition) is 3. The first-order valence-electron chi connectivity index (χ1n) is 6.21. The van der Waals surface area contributed by atoms with Gasteiger partial charge in [-0.05, 0) is 25.0 Å². The highest BCUT2D eigenvalue weighted by molar-refractivity contribution is 6.30. The number of halogens is 1. The molecule has 0 aliphatic heterocycles. The third-order valence-corrected chi connectivity index (χ3v) is 3.55. The lowest BCUT2D eigenvalue weighted by molar-refractivity contribution is 0.00521. The van der Waals surface area contributed by atoms with Gasteiger partial charge >= 0.3 is 0 Å². The average Bonchev–Trinajstić information content (AvgIpc) is 2.38. The molecule has 0 saturated heterocycles. The lowest BCUT2D eigenvalue weighted by Gasteiger charge is -2.32. The summed E-state index contributed by atoms with van der Waals surface area (Å²) in [5, 5.41) is 13.5. The summed E-state index contributed by atoms with van der Waals surface area (Å²) in [6.07, 6.45) is 6.14. The number of hydrogen-bond donors (Lipinski definition) is 2. The van der Waals surface area contributed by atoms with E-state index in [1.165, 1.54) is 6.20 Å². The van der Waals surface area contributed by atoms with Gasteiger partial charge in [0, 0.05) is 12.7 Å². The molecule has 5 heteroatoms. The molecule has 4 nitrogen and oxygen atoms in total. The molecule has 2 rings (SSSR count). The third kappa shape index (κ3) is 3.43. The molecule has 0 spiro atoms. The summed E-state index contributed by atoms with van der Waals surface area (Å²) < 4.78 is 0. The van der Waals surface area contributed by atoms with Crippen molar-refractivity contribution in [1.82, 2.24) is 10.3 Å². The van der Waals surface area contributed by atoms with E-state index in [1.807, 2.05) is 0 Å². The van der Waals surface area contributed by atoms with Crippen molar-refractivity contribution in [3.8, 4) is 0 Å². The Hall–Kier alpha value is -1.13. The van der Waals surface area contributed by atoms with Crippen LogP contribution in [0.15, 0.2) is 18.3 Å². The molecule has 0 aromatic carbocycles. The van der Waals surface area contributed by atoms with Crippen LogP contribution in [0.4, 0.5) is 0 Å². The van der Waals surface area contributed by atoms with Crippen molar-refractivity contribution in [2.24, 2.45) is 0 Å². The Morgan fingerprint density at radius 1 is 1.39 bits per heavy atom. The molecular formula is C13H17ClN2O2. The Balaban J connectivity index is 1.89. The largest absolute Gasteiger partial charge is 0.388 e. The average molecular weight is 269 g/mol. The van der Waals surface area contributed by atoms with Crippen molar-refractivity contribution >= 4 is 17.5 Å². The van der Waals surface area contributed by atoms with Crippen LogP contribution in [0.5, 0.6) is 0 Å². The molecule has 1 aromatic rings. The highest BCUT2D eigenvalue weighted by Gasteiger charge is 2.29. The Bertz CT molecular complexity index is 414. The Labute approximate surface area is 111 Å². The number of rotatable bonds is 3. The molecule has 1 aliphatic carbocycles. The minimum absolute atomic E-state index is 0.273. The van der Waals surface area contributed by atoms with Crippen molar-refractivity contribution in [3.63, 3.8) is 0 Å². The molecule has 0 radical (unpaired) electrons. The van der Waals surface area contributed by atoms with Crippen LogP contribution in [0.25, 0.3) is 0 Å². The van der Waals surface area contributed by atoms with E-state index in [9.17, 15) is 9.90 Å². The van der Waals surface area contributed by atoms with Crippen LogP contribution in [0.3, 0.4) is 0 Å². The van der Waals surface area contributed by atoms with E-state index < -0.39 is 5.60 Å². The summed E-state index contributed by atoms with van der Waals surface area (Å²) in [4.78, 5) is 15.8. The molecule has 1 heterocycles. The van der Waals surface area contributed by atoms with Crippen molar-refractivity contribution < 1.29 is 9.90 Å². The third-order valence-electron chi connectivity index (χ3n) is 3.32. The molecule has 0 unspecified atom stereocenters. The fourth-order valence-corrected chi connectivity index (χ4v) is 2.34. The number of amides is 1. The number of aromatic nitrogens is 1. The molecular weight excluding hydrogens is 252 g/mol. The predicted octanol–water partition coefficient (Wildman–Crippen LogP) is 2.16. The summed E-state index contributed by atoms with van der Waals surface area (Å²) in [6.45, 7) is 0.288. The van der Waals surface area contributed by atoms with E-state index in [-0.39, 0.29) is 12.5 Å². The van der Waals surface area contributed by atoms with Gasteiger partial charge in [-0.3, -0.25) is 4.79 Å². The fraction of sp³-hybridized carbons (Fsp3) is 0.538. The molecule has 1 aliphatic rings. The van der Waals surface area contributed by atoms with E-state index in [1.54, 1.807) is 12.1 Å². The van der Waals surface area contributed by atoms with Gasteiger partial charge in [-0.15, -0.1) is 0 Å². The lowest BCUT2D eigenvalue weighted by Crippen LogP contribution is -2.44. The van der Waals surface area contributed by atoms with Gasteiger partial charge in [-0.1, -0.05) is 30.9 Å². The van der Waals surface area contributed by atoms with E-state index >= 15 is 0 Å². The van der Waals surface area contributed by atoms with Crippen molar-refractivity contribution in [2.75, 3.05) is 6.54 Å². The lowest BCUT2D eigenvalue weighted by atomic mass is 9.85. The number of aliphatic hydroxyl groups is 1. The fourth-order valence-electron chi connectivity index (χ4n) is 2.23. The SMILES string of the molecule is O=C(NCC1(O)CCCCC1)c1ccc(Cl)cn1. The first kappa shape index (κ1) is 13.3. The van der Waals surface area contributed by atoms with Crippen molar-refractivity contribution in [2.45, 2.75) is 37.7 Å². The van der Waals surface area contributed by atoms with E-state index in [0.717, 1.165) is 32.1 Å². The summed E-state index contributed by atoms with van der Waals surface area (Å²) >= 11 is 5.70. The first-order chi connectivity index (χ1) is 8.59. The highest BCUT2D eigenvalue weighted by atomic mass is 35.5. The minimum Gasteiger partial charge on any atom is -0.388 e. The number of pyridine rings is 1. The second-order valence-electron chi connectivity index (χ2n) is 4.83. The van der Waals surface area contributed by atoms with Crippen molar-refractivity contribution in [1.29, 1.82) is 0 Å². The van der Waals surface area contributed by atoms with Crippen LogP contribution in [-0.4, -0.2) is 28.1 Å². The zero-order valence-electron chi connectivity index (χ0n) is 10.2. The maximum Gasteiger partial charge on any atom is 0.269 e. The van der Waals surface area contributed by atoms with Crippen LogP contribution in [0.1, 0.15) is 42.6 Å². The van der Waals surface area contributed by atoms with Crippen LogP contribution >= 0.6 is 11.6 Å². The molecule has 0 bridgehead atoms. The number of carbonyl (C=O) groups is 1. The summed E-state index contributed by atoms with van der Waals surface area (Å²) in [6, 6.07) is 3.20. The second-order valence-corrected chi connectivity index (χ2v) is 5.27. The van der Waals surface area contributed by atoms with Gasteiger partial charge in [0.15, 0.2) is 0 Å². The monoisotopic (exact) mass is 268 g/mol. The molecule has 1 saturated carbocycles. The van der Waals surface area contributed by atoms with E-state index in [0.29, 0.717) is 10.7 Å². The minimum atomic E-state index is -0.750. The van der Waals surface area contributed by atoms with Crippen molar-refractivity contribution in [3.05, 3.63) is 29.0 Å². The van der Waals surface area contributed by atoms with Gasteiger partial charge in [0.1, 0.15) is 5.69 Å². The summed E-state index contributed by atoms with van der Waals surface area (Å²) in [5.41, 5.74) is -0.431. The smallest absolute Gasteiger partial charge is 0.269 e. The quantitative estimate of drug-likeness (QED) is 0.883. The maximum atomic E-state index is 11.8. The standard InChI is InChI=1S/C13H17ClN2O2/c14-10-4-5-11(15-8-10)12(17)16-9-13(18)6-2-1-3-7-13/h4-5,8,18H,1-3,6-7,9H2,(H,16,17). The van der Waals surface area contributed by atoms with Crippen LogP contribution in [0.2, 0.25) is 5.02 Å². The molecule has 1 aromatic heterocycles. The molecule has 1 fully saturated rings. The normalized spacial score (nSPS) is 18.3. The van der Waals surface area contributed by atoms with Gasteiger partial charge in [0.05, 0.1) is 10.6 Å². The van der Waals surface area contributed by atoms with Gasteiger partial charge < -0.3 is 10.4 Å². The van der Waals surface area contributed by atoms with E-state index in [2.05, 4.69) is 10.3 Å². The summed E-state index contributed by atoms with van der Waals surface area (Å²) in [7, 11) is 0. The van der Waals surface area contributed by atoms with Crippen LogP contribution in [0, 0.1) is 0 Å². The molecule has 0 atom stereocenters. The van der Waals surface area contributed by atoms with Crippen LogP contribution < -0.4 is 5.32 Å². The first-order valence-corrected chi connectivity index (χ1v) is 6.59. The van der Waals surface area contributed by atoms with E-state index in [4.69, 9.17) is 11.6 Å². The number of nitrogens with zero attached hydrogens (tertiary/aromatic N) is 1. The second kappa shape index (κ2) is 5.67. The Kier molecular flexibility index (Phi) is 4.19. The molecule has 1 amide bonds. The van der Waals surface area contributed by atoms with Crippen LogP contribution in [-0.2, 0) is 0 Å². The van der Waals surface area contributed by atoms with Gasteiger partial charge in [-0.2, -0.15) is 0 Å². The Morgan fingerprint density at radius 2 is 2.11 bits per heavy atom. The topological polar surface area (TPSA) is 62.2 Å². The zero-order chi connectivity index (χ0) is 13.0. The van der Waals surface area contributed by atoms with Gasteiger partial charge in [0.25, 0.3) is 5.91 Å². The molecule has 98 valence electrons. The number of nitrogens with one attached hydrogen (secondary N) is 1. The maximum absolute atomic E-state index is 11.8.